The Morgan fingerprint density at radius 1 is 1.40 bits per heavy atom. The van der Waals surface area contributed by atoms with Crippen LogP contribution in [0.25, 0.3) is 0 Å². The maximum Gasteiger partial charge on any atom is 0.234 e. The van der Waals surface area contributed by atoms with Gasteiger partial charge >= 0.3 is 0 Å². The van der Waals surface area contributed by atoms with Crippen LogP contribution >= 0.6 is 0 Å². The molecule has 0 aromatic rings. The van der Waals surface area contributed by atoms with E-state index in [4.69, 9.17) is 0 Å². The van der Waals surface area contributed by atoms with E-state index < -0.39 is 5.60 Å². The van der Waals surface area contributed by atoms with Gasteiger partial charge < -0.3 is 15.7 Å². The molecule has 15 heavy (non-hydrogen) atoms. The molecule has 1 rings (SSSR count). The molecular formula is C11H22N2O2. The van der Waals surface area contributed by atoms with Crippen LogP contribution < -0.4 is 10.6 Å². The Bertz CT molecular complexity index is 205. The third-order valence-electron chi connectivity index (χ3n) is 2.56. The second kappa shape index (κ2) is 5.47. The molecule has 0 heterocycles. The summed E-state index contributed by atoms with van der Waals surface area (Å²) in [5, 5.41) is 15.3. The van der Waals surface area contributed by atoms with Crippen molar-refractivity contribution in [1.29, 1.82) is 0 Å². The first kappa shape index (κ1) is 12.5. The van der Waals surface area contributed by atoms with E-state index in [0.29, 0.717) is 19.1 Å². The van der Waals surface area contributed by atoms with E-state index in [1.807, 2.05) is 0 Å². The first-order valence-corrected chi connectivity index (χ1v) is 5.70. The molecule has 0 atom stereocenters. The number of aliphatic hydroxyl groups is 1. The van der Waals surface area contributed by atoms with Gasteiger partial charge in [0.25, 0.3) is 0 Å². The average Bonchev–Trinajstić information content (AvgIpc) is 2.54. The Hall–Kier alpha value is -0.610. The minimum absolute atomic E-state index is 0.0335. The van der Waals surface area contributed by atoms with Crippen molar-refractivity contribution in [3.8, 4) is 0 Å². The normalized spacial score (nSPS) is 18.1. The van der Waals surface area contributed by atoms with E-state index in [2.05, 4.69) is 10.6 Å². The molecule has 1 aliphatic carbocycles. The maximum atomic E-state index is 11.4. The minimum atomic E-state index is -0.756. The van der Waals surface area contributed by atoms with E-state index >= 15 is 0 Å². The van der Waals surface area contributed by atoms with Crippen LogP contribution in [-0.4, -0.2) is 35.7 Å². The summed E-state index contributed by atoms with van der Waals surface area (Å²) >= 11 is 0. The summed E-state index contributed by atoms with van der Waals surface area (Å²) in [5.41, 5.74) is -0.756. The van der Waals surface area contributed by atoms with Gasteiger partial charge in [-0.3, -0.25) is 4.79 Å². The number of carbonyl (C=O) groups excluding carboxylic acids is 1. The fourth-order valence-corrected chi connectivity index (χ4v) is 1.83. The van der Waals surface area contributed by atoms with E-state index in [1.165, 1.54) is 12.8 Å². The number of hydrogen-bond acceptors (Lipinski definition) is 3. The Labute approximate surface area is 91.4 Å². The molecule has 4 heteroatoms. The first-order chi connectivity index (χ1) is 6.97. The van der Waals surface area contributed by atoms with E-state index in [9.17, 15) is 9.90 Å². The standard InChI is InChI=1S/C11H22N2O2/c1-11(2,15)8-12-7-10(14)13-9-5-3-4-6-9/h9,12,15H,3-8H2,1-2H3,(H,13,14). The molecule has 1 aliphatic rings. The molecule has 4 nitrogen and oxygen atoms in total. The van der Waals surface area contributed by atoms with Crippen LogP contribution in [0.15, 0.2) is 0 Å². The predicted molar refractivity (Wildman–Crippen MR) is 59.6 cm³/mol. The van der Waals surface area contributed by atoms with Crippen molar-refractivity contribution < 1.29 is 9.90 Å². The van der Waals surface area contributed by atoms with Crippen molar-refractivity contribution in [2.45, 2.75) is 51.2 Å². The quantitative estimate of drug-likeness (QED) is 0.621. The Balaban J connectivity index is 2.08. The van der Waals surface area contributed by atoms with Crippen LogP contribution in [0.3, 0.4) is 0 Å². The van der Waals surface area contributed by atoms with Gasteiger partial charge in [0.2, 0.25) is 5.91 Å². The highest BCUT2D eigenvalue weighted by molar-refractivity contribution is 5.78. The molecule has 0 aromatic carbocycles. The monoisotopic (exact) mass is 214 g/mol. The lowest BCUT2D eigenvalue weighted by atomic mass is 10.1. The molecule has 0 spiro atoms. The van der Waals surface area contributed by atoms with Crippen LogP contribution in [0, 0.1) is 0 Å². The van der Waals surface area contributed by atoms with E-state index in [-0.39, 0.29) is 5.91 Å². The van der Waals surface area contributed by atoms with Crippen LogP contribution in [0.1, 0.15) is 39.5 Å². The number of amides is 1. The number of hydrogen-bond donors (Lipinski definition) is 3. The van der Waals surface area contributed by atoms with Gasteiger partial charge in [0.05, 0.1) is 12.1 Å². The molecule has 1 fully saturated rings. The van der Waals surface area contributed by atoms with Gasteiger partial charge in [-0.1, -0.05) is 12.8 Å². The summed E-state index contributed by atoms with van der Waals surface area (Å²) in [6, 6.07) is 0.376. The van der Waals surface area contributed by atoms with Gasteiger partial charge in [0.15, 0.2) is 0 Å². The lowest BCUT2D eigenvalue weighted by Gasteiger charge is -2.18. The highest BCUT2D eigenvalue weighted by Crippen LogP contribution is 2.17. The van der Waals surface area contributed by atoms with Gasteiger partial charge in [-0.25, -0.2) is 0 Å². The Morgan fingerprint density at radius 3 is 2.53 bits per heavy atom. The summed E-state index contributed by atoms with van der Waals surface area (Å²) in [7, 11) is 0. The molecule has 88 valence electrons. The minimum Gasteiger partial charge on any atom is -0.389 e. The van der Waals surface area contributed by atoms with Crippen molar-refractivity contribution >= 4 is 5.91 Å². The highest BCUT2D eigenvalue weighted by atomic mass is 16.3. The third kappa shape index (κ3) is 5.74. The smallest absolute Gasteiger partial charge is 0.234 e. The lowest BCUT2D eigenvalue weighted by molar-refractivity contribution is -0.121. The zero-order chi connectivity index (χ0) is 11.3. The second-order valence-corrected chi connectivity index (χ2v) is 4.96. The Morgan fingerprint density at radius 2 is 2.00 bits per heavy atom. The summed E-state index contributed by atoms with van der Waals surface area (Å²) in [6.07, 6.45) is 4.67. The van der Waals surface area contributed by atoms with Gasteiger partial charge in [0.1, 0.15) is 0 Å². The van der Waals surface area contributed by atoms with E-state index in [0.717, 1.165) is 12.8 Å². The number of carbonyl (C=O) groups is 1. The van der Waals surface area contributed by atoms with Crippen molar-refractivity contribution in [2.24, 2.45) is 0 Å². The molecule has 0 unspecified atom stereocenters. The molecule has 0 saturated heterocycles. The molecule has 0 radical (unpaired) electrons. The van der Waals surface area contributed by atoms with Crippen molar-refractivity contribution in [1.82, 2.24) is 10.6 Å². The van der Waals surface area contributed by atoms with Gasteiger partial charge in [-0.2, -0.15) is 0 Å². The van der Waals surface area contributed by atoms with Crippen LogP contribution in [0.4, 0.5) is 0 Å². The number of nitrogens with one attached hydrogen (secondary N) is 2. The molecule has 0 aliphatic heterocycles. The maximum absolute atomic E-state index is 11.4. The van der Waals surface area contributed by atoms with Gasteiger partial charge in [-0.05, 0) is 26.7 Å². The second-order valence-electron chi connectivity index (χ2n) is 4.96. The fraction of sp³-hybridized carbons (Fsp3) is 0.909. The fourth-order valence-electron chi connectivity index (χ4n) is 1.83. The van der Waals surface area contributed by atoms with Gasteiger partial charge in [0, 0.05) is 12.6 Å². The summed E-state index contributed by atoms with van der Waals surface area (Å²) in [5.74, 6) is 0.0335. The lowest BCUT2D eigenvalue weighted by Crippen LogP contribution is -2.43. The van der Waals surface area contributed by atoms with Crippen molar-refractivity contribution in [3.05, 3.63) is 0 Å². The third-order valence-corrected chi connectivity index (χ3v) is 2.56. The molecular weight excluding hydrogens is 192 g/mol. The van der Waals surface area contributed by atoms with Gasteiger partial charge in [-0.15, -0.1) is 0 Å². The predicted octanol–water partition coefficient (Wildman–Crippen LogP) is 0.406. The summed E-state index contributed by atoms with van der Waals surface area (Å²) in [4.78, 5) is 11.4. The number of rotatable bonds is 5. The molecule has 1 saturated carbocycles. The highest BCUT2D eigenvalue weighted by Gasteiger charge is 2.17. The topological polar surface area (TPSA) is 61.4 Å². The van der Waals surface area contributed by atoms with Crippen LogP contribution in [0.2, 0.25) is 0 Å². The van der Waals surface area contributed by atoms with Crippen molar-refractivity contribution in [2.75, 3.05) is 13.1 Å². The van der Waals surface area contributed by atoms with Crippen LogP contribution in [-0.2, 0) is 4.79 Å². The summed E-state index contributed by atoms with van der Waals surface area (Å²) < 4.78 is 0. The van der Waals surface area contributed by atoms with Crippen LogP contribution in [0.5, 0.6) is 0 Å². The first-order valence-electron chi connectivity index (χ1n) is 5.70. The molecule has 0 aromatic heterocycles. The Kier molecular flexibility index (Phi) is 4.54. The molecule has 3 N–H and O–H groups in total. The SMILES string of the molecule is CC(C)(O)CNCC(=O)NC1CCCC1. The zero-order valence-electron chi connectivity index (χ0n) is 9.68. The largest absolute Gasteiger partial charge is 0.389 e. The van der Waals surface area contributed by atoms with E-state index in [1.54, 1.807) is 13.8 Å². The zero-order valence-corrected chi connectivity index (χ0v) is 9.68. The summed E-state index contributed by atoms with van der Waals surface area (Å²) in [6.45, 7) is 4.16. The average molecular weight is 214 g/mol. The molecule has 1 amide bonds. The van der Waals surface area contributed by atoms with Crippen molar-refractivity contribution in [3.63, 3.8) is 0 Å². The molecule has 0 bridgehead atoms.